The second kappa shape index (κ2) is 10.4. The lowest BCUT2D eigenvalue weighted by Gasteiger charge is -2.14. The molecule has 1 aliphatic rings. The first-order valence-electron chi connectivity index (χ1n) is 11.9. The van der Waals surface area contributed by atoms with Crippen molar-refractivity contribution in [2.45, 2.75) is 65.7 Å². The summed E-state index contributed by atoms with van der Waals surface area (Å²) >= 11 is 1.77. The number of fused-ring (bicyclic) bond motifs is 1. The summed E-state index contributed by atoms with van der Waals surface area (Å²) in [4.78, 5) is 11.8. The van der Waals surface area contributed by atoms with Crippen molar-refractivity contribution < 1.29 is 0 Å². The molecule has 32 heavy (non-hydrogen) atoms. The van der Waals surface area contributed by atoms with Crippen LogP contribution in [-0.4, -0.2) is 29.8 Å². The predicted octanol–water partition coefficient (Wildman–Crippen LogP) is 7.29. The largest absolute Gasteiger partial charge is 0.366 e. The van der Waals surface area contributed by atoms with Crippen LogP contribution in [0.5, 0.6) is 0 Å². The Morgan fingerprint density at radius 2 is 1.78 bits per heavy atom. The predicted molar refractivity (Wildman–Crippen MR) is 139 cm³/mol. The number of nitrogens with zero attached hydrogens (tertiary/aromatic N) is 3. The molecule has 4 rings (SSSR count). The molecular formula is C28H35N3S. The van der Waals surface area contributed by atoms with Gasteiger partial charge in [-0.3, -0.25) is 0 Å². The monoisotopic (exact) mass is 445 g/mol. The van der Waals surface area contributed by atoms with E-state index in [0.717, 1.165) is 24.3 Å². The summed E-state index contributed by atoms with van der Waals surface area (Å²) < 4.78 is 0. The van der Waals surface area contributed by atoms with Gasteiger partial charge in [0.15, 0.2) is 0 Å². The Bertz CT molecular complexity index is 1100. The van der Waals surface area contributed by atoms with Gasteiger partial charge in [0.05, 0.1) is 22.7 Å². The molecule has 1 aliphatic carbocycles. The van der Waals surface area contributed by atoms with Crippen molar-refractivity contribution in [2.75, 3.05) is 13.6 Å². The molecule has 1 heterocycles. The van der Waals surface area contributed by atoms with Crippen molar-refractivity contribution in [1.82, 2.24) is 9.88 Å². The van der Waals surface area contributed by atoms with Gasteiger partial charge in [-0.2, -0.15) is 0 Å². The summed E-state index contributed by atoms with van der Waals surface area (Å²) in [6.07, 6.45) is 10.6. The van der Waals surface area contributed by atoms with Gasteiger partial charge in [-0.05, 0) is 86.4 Å². The molecule has 168 valence electrons. The molecule has 0 atom stereocenters. The maximum Gasteiger partial charge on any atom is 0.0976 e. The normalized spacial score (nSPS) is 14.2. The van der Waals surface area contributed by atoms with Gasteiger partial charge in [0, 0.05) is 31.0 Å². The van der Waals surface area contributed by atoms with E-state index in [2.05, 4.69) is 66.4 Å². The molecule has 3 aromatic rings. The molecule has 0 N–H and O–H groups in total. The van der Waals surface area contributed by atoms with Gasteiger partial charge in [0.25, 0.3) is 0 Å². The van der Waals surface area contributed by atoms with Crippen molar-refractivity contribution >= 4 is 23.4 Å². The topological polar surface area (TPSA) is 28.5 Å². The highest BCUT2D eigenvalue weighted by Crippen LogP contribution is 2.30. The number of thiazole rings is 1. The van der Waals surface area contributed by atoms with Crippen LogP contribution in [-0.2, 0) is 19.3 Å². The van der Waals surface area contributed by atoms with E-state index in [1.54, 1.807) is 16.9 Å². The Labute approximate surface area is 197 Å². The van der Waals surface area contributed by atoms with Gasteiger partial charge in [0.2, 0.25) is 0 Å². The molecule has 0 saturated heterocycles. The second-order valence-electron chi connectivity index (χ2n) is 9.08. The minimum absolute atomic E-state index is 0.876. The smallest absolute Gasteiger partial charge is 0.0976 e. The second-order valence-corrected chi connectivity index (χ2v) is 10.0. The molecule has 1 aromatic heterocycles. The maximum atomic E-state index is 5.01. The minimum atomic E-state index is 0.876. The van der Waals surface area contributed by atoms with Crippen LogP contribution in [0, 0.1) is 13.8 Å². The van der Waals surface area contributed by atoms with Crippen molar-refractivity contribution in [2.24, 2.45) is 4.99 Å². The van der Waals surface area contributed by atoms with E-state index in [-0.39, 0.29) is 0 Å². The fourth-order valence-corrected chi connectivity index (χ4v) is 5.19. The number of rotatable bonds is 6. The molecule has 0 bridgehead atoms. The van der Waals surface area contributed by atoms with Gasteiger partial charge in [-0.25, -0.2) is 9.98 Å². The molecule has 2 aromatic carbocycles. The molecule has 0 spiro atoms. The summed E-state index contributed by atoms with van der Waals surface area (Å²) in [5, 5.41) is 3.40. The quantitative estimate of drug-likeness (QED) is 0.294. The first-order chi connectivity index (χ1) is 15.5. The Morgan fingerprint density at radius 3 is 2.56 bits per heavy atom. The molecule has 0 amide bonds. The number of hydrogen-bond donors (Lipinski definition) is 0. The molecule has 0 saturated carbocycles. The van der Waals surface area contributed by atoms with E-state index in [4.69, 9.17) is 4.98 Å². The lowest BCUT2D eigenvalue weighted by Crippen LogP contribution is -2.14. The zero-order valence-electron chi connectivity index (χ0n) is 19.9. The fourth-order valence-electron chi connectivity index (χ4n) is 4.37. The number of aromatic nitrogens is 1. The first-order valence-corrected chi connectivity index (χ1v) is 12.8. The molecule has 0 radical (unpaired) electrons. The van der Waals surface area contributed by atoms with Gasteiger partial charge in [-0.15, -0.1) is 11.3 Å². The average molecular weight is 446 g/mol. The van der Waals surface area contributed by atoms with Crippen LogP contribution >= 0.6 is 11.3 Å². The molecule has 0 unspecified atom stereocenters. The highest BCUT2D eigenvalue weighted by molar-refractivity contribution is 7.10. The van der Waals surface area contributed by atoms with E-state index in [1.807, 2.05) is 13.4 Å². The lowest BCUT2D eigenvalue weighted by atomic mass is 9.91. The van der Waals surface area contributed by atoms with Crippen LogP contribution in [0.2, 0.25) is 0 Å². The Kier molecular flexibility index (Phi) is 7.41. The standard InChI is InChI=1S/C28H35N3S/c1-5-31(4)19-29-26-15-20(2)25(14-21(26)3)17-28-30-27(18-32-28)24-13-12-22-10-8-6-7-9-11-23(22)16-24/h12-16,18-19H,5-11,17H2,1-4H3. The molecule has 4 heteroatoms. The van der Waals surface area contributed by atoms with Crippen LogP contribution in [0.25, 0.3) is 11.3 Å². The Balaban J connectivity index is 1.52. The van der Waals surface area contributed by atoms with Crippen molar-refractivity contribution in [3.8, 4) is 11.3 Å². The molecule has 0 aliphatic heterocycles. The number of benzene rings is 2. The zero-order chi connectivity index (χ0) is 22.5. The lowest BCUT2D eigenvalue weighted by molar-refractivity contribution is 0.552. The summed E-state index contributed by atoms with van der Waals surface area (Å²) in [6.45, 7) is 7.41. The average Bonchev–Trinajstić information content (AvgIpc) is 3.23. The molecular weight excluding hydrogens is 410 g/mol. The first kappa shape index (κ1) is 22.7. The molecule has 0 fully saturated rings. The SMILES string of the molecule is CCN(C)C=Nc1cc(C)c(Cc2nc(-c3ccc4c(c3)CCCCCC4)cs2)cc1C. The van der Waals surface area contributed by atoms with Crippen molar-refractivity contribution in [1.29, 1.82) is 0 Å². The number of aryl methyl sites for hydroxylation is 4. The van der Waals surface area contributed by atoms with Crippen molar-refractivity contribution in [3.05, 3.63) is 68.5 Å². The van der Waals surface area contributed by atoms with Gasteiger partial charge in [0.1, 0.15) is 0 Å². The number of aliphatic imine (C=N–C) groups is 1. The third-order valence-electron chi connectivity index (χ3n) is 6.58. The number of hydrogen-bond acceptors (Lipinski definition) is 3. The summed E-state index contributed by atoms with van der Waals surface area (Å²) in [5.74, 6) is 0. The van der Waals surface area contributed by atoms with E-state index >= 15 is 0 Å². The fraction of sp³-hybridized carbons (Fsp3) is 0.429. The maximum absolute atomic E-state index is 5.01. The van der Waals surface area contributed by atoms with E-state index in [0.29, 0.717) is 0 Å². The third-order valence-corrected chi connectivity index (χ3v) is 7.43. The van der Waals surface area contributed by atoms with Crippen molar-refractivity contribution in [3.63, 3.8) is 0 Å². The van der Waals surface area contributed by atoms with Crippen LogP contribution < -0.4 is 0 Å². The Morgan fingerprint density at radius 1 is 1.00 bits per heavy atom. The van der Waals surface area contributed by atoms with Crippen LogP contribution in [0.3, 0.4) is 0 Å². The van der Waals surface area contributed by atoms with Crippen LogP contribution in [0.1, 0.15) is 65.4 Å². The highest BCUT2D eigenvalue weighted by atomic mass is 32.1. The summed E-state index contributed by atoms with van der Waals surface area (Å²) in [7, 11) is 2.05. The summed E-state index contributed by atoms with van der Waals surface area (Å²) in [5.41, 5.74) is 10.3. The van der Waals surface area contributed by atoms with E-state index in [1.165, 1.54) is 71.3 Å². The Hall–Kier alpha value is -2.46. The van der Waals surface area contributed by atoms with Gasteiger partial charge < -0.3 is 4.90 Å². The van der Waals surface area contributed by atoms with Crippen LogP contribution in [0.15, 0.2) is 40.7 Å². The van der Waals surface area contributed by atoms with Crippen LogP contribution in [0.4, 0.5) is 5.69 Å². The van der Waals surface area contributed by atoms with E-state index < -0.39 is 0 Å². The molecule has 3 nitrogen and oxygen atoms in total. The third kappa shape index (κ3) is 5.47. The van der Waals surface area contributed by atoms with Gasteiger partial charge in [-0.1, -0.05) is 31.0 Å². The van der Waals surface area contributed by atoms with Gasteiger partial charge >= 0.3 is 0 Å². The minimum Gasteiger partial charge on any atom is -0.366 e. The zero-order valence-corrected chi connectivity index (χ0v) is 20.8. The highest BCUT2D eigenvalue weighted by Gasteiger charge is 2.12. The van der Waals surface area contributed by atoms with E-state index in [9.17, 15) is 0 Å². The summed E-state index contributed by atoms with van der Waals surface area (Å²) in [6, 6.07) is 11.5.